The van der Waals surface area contributed by atoms with Crippen LogP contribution in [0.1, 0.15) is 223 Å². The lowest BCUT2D eigenvalue weighted by atomic mass is 9.79. The monoisotopic (exact) mass is 1850 g/mol. The molecule has 8 aromatic carbocycles. The number of halogens is 3. The molecule has 694 valence electrons. The maximum Gasteiger partial charge on any atom is 0.416 e. The van der Waals surface area contributed by atoms with Gasteiger partial charge in [-0.05, 0) is 170 Å². The Bertz CT molecular complexity index is 4540. The van der Waals surface area contributed by atoms with Crippen LogP contribution in [-0.4, -0.2) is 72.7 Å². The molecular formula is C112H189F3Si9. The SMILES string of the molecule is CC(C)(C)c1c(CC([Si](C)(C)C)[Si](C)(C)C)cccc1CC([Si](C)(C)C)[Si](C)(C)C.CC(C)(C)c1c([Si](C)(C)C)cccc1[Si](C)(C)C.CC(C)(C)c1ccccc1C(F)(F)F.CC(C)(C)c1ccccc1CC([Si](C)(C)C)[Si](C)(C)C.CC(C)(C)c1ccccc1[Si](C)(C)C.Cc1cc(C(C)(C)C)ccc1-c1ccccc1.[2H]c1c([2H])c([2H])c(C(C)(C)C)c(C)c1[2H]. The number of hydrogen-bond acceptors (Lipinski definition) is 0. The molecule has 0 atom stereocenters. The van der Waals surface area contributed by atoms with E-state index in [1.807, 2.05) is 20.8 Å². The molecule has 0 saturated carbocycles. The Morgan fingerprint density at radius 3 is 0.879 bits per heavy atom. The Kier molecular flexibility index (Phi) is 38.2. The average molecular weight is 1850 g/mol. The van der Waals surface area contributed by atoms with E-state index in [1.165, 1.54) is 59.2 Å². The van der Waals surface area contributed by atoms with Gasteiger partial charge >= 0.3 is 6.18 Å². The smallest absolute Gasteiger partial charge is 0.166 e. The molecule has 0 N–H and O–H groups in total. The molecule has 0 aliphatic rings. The standard InChI is InChI=1S/C26H54Si4.C18H34Si2.C17H20.C16H30Si2.C13H22Si.C11H13F3.C11H16/c1-26(2,3)25-21(19-23(27(4,5)6)28(7,8)9)17-16-18-22(25)20-24(29(10,11)12)30(13,14)15;1-18(2,3)16-13-11-10-12-15(16)14-17(19(4,5)6)20(7,8)9;1-13-12-15(17(2,3)4)10-11-16(13)14-8-6-5-7-9-14;1-16(2,3)15-13(17(4,5)6)11-10-12-14(15)18(7,8)9;1-13(2,3)11-9-7-8-10-12(11)14(4,5)6;1-10(2,3)8-6-4-5-7-9(8)11(12,13)14;1-9-7-5-6-8-10(9)11(2,3)4/h16-18,23-24H,19-20H2,1-15H3;10-13,17H,14H2,1-9H3;5-12H,1-4H3;10-12H,1-9H3;7-10H,1-6H3;4-7H,1-3H3;5-8H,1-4H3/i;;;;;;5D,6D,7D,8D. The molecule has 0 spiro atoms. The van der Waals surface area contributed by atoms with Crippen molar-refractivity contribution in [2.24, 2.45) is 0 Å². The van der Waals surface area contributed by atoms with Gasteiger partial charge in [-0.2, -0.15) is 13.2 Å². The first-order valence-electron chi connectivity index (χ1n) is 48.7. The van der Waals surface area contributed by atoms with Crippen LogP contribution in [0, 0.1) is 13.8 Å². The Hall–Kier alpha value is -4.50. The van der Waals surface area contributed by atoms with Gasteiger partial charge in [-0.25, -0.2) is 0 Å². The van der Waals surface area contributed by atoms with Crippen molar-refractivity contribution < 1.29 is 18.7 Å². The third-order valence-electron chi connectivity index (χ3n) is 24.2. The highest BCUT2D eigenvalue weighted by atomic mass is 28.4. The lowest BCUT2D eigenvalue weighted by Crippen LogP contribution is -2.52. The van der Waals surface area contributed by atoms with Gasteiger partial charge in [-0.15, -0.1) is 0 Å². The van der Waals surface area contributed by atoms with E-state index in [1.54, 1.807) is 82.7 Å². The van der Waals surface area contributed by atoms with E-state index in [9.17, 15) is 13.2 Å². The van der Waals surface area contributed by atoms with Crippen LogP contribution in [0.25, 0.3) is 11.1 Å². The van der Waals surface area contributed by atoms with Crippen LogP contribution in [0.2, 0.25) is 192 Å². The predicted octanol–water partition coefficient (Wildman–Crippen LogP) is 35.2. The number of rotatable bonds is 16. The maximum atomic E-state index is 12.6. The van der Waals surface area contributed by atoms with Gasteiger partial charge in [-0.3, -0.25) is 0 Å². The van der Waals surface area contributed by atoms with Crippen LogP contribution in [0.5, 0.6) is 0 Å². The fourth-order valence-electron chi connectivity index (χ4n) is 18.8. The number of hydrogen-bond donors (Lipinski definition) is 0. The molecule has 0 unspecified atom stereocenters. The topological polar surface area (TPSA) is 0 Å². The summed E-state index contributed by atoms with van der Waals surface area (Å²) >= 11 is 0. The van der Waals surface area contributed by atoms with Gasteiger partial charge in [0, 0.05) is 48.4 Å². The first-order chi connectivity index (χ1) is 56.9. The van der Waals surface area contributed by atoms with E-state index < -0.39 is 89.8 Å². The lowest BCUT2D eigenvalue weighted by Gasteiger charge is -2.41. The molecule has 0 nitrogen and oxygen atoms in total. The molecule has 0 aliphatic heterocycles. The van der Waals surface area contributed by atoms with E-state index in [-0.39, 0.29) is 56.7 Å². The van der Waals surface area contributed by atoms with Crippen LogP contribution >= 0.6 is 0 Å². The van der Waals surface area contributed by atoms with Gasteiger partial charge < -0.3 is 0 Å². The van der Waals surface area contributed by atoms with Crippen molar-refractivity contribution in [3.05, 3.63) is 254 Å². The highest BCUT2D eigenvalue weighted by Gasteiger charge is 2.43. The third-order valence-corrected chi connectivity index (χ3v) is 59.6. The zero-order valence-electron chi connectivity index (χ0n) is 93.5. The minimum atomic E-state index is -4.26. The Balaban J connectivity index is 0.000000514. The number of aryl methyl sites for hydroxylation is 1. The predicted molar refractivity (Wildman–Crippen MR) is 587 cm³/mol. The zero-order valence-corrected chi connectivity index (χ0v) is 98.5. The van der Waals surface area contributed by atoms with E-state index in [2.05, 4.69) is 421 Å². The zero-order chi connectivity index (χ0) is 100. The third kappa shape index (κ3) is 37.4. The minimum absolute atomic E-state index is 0.0703. The molecule has 0 aliphatic carbocycles. The van der Waals surface area contributed by atoms with Crippen molar-refractivity contribution in [2.45, 2.75) is 415 Å². The molecule has 8 rings (SSSR count). The molecule has 12 heteroatoms. The first-order valence-corrected chi connectivity index (χ1v) is 78.7. The highest BCUT2D eigenvalue weighted by Crippen LogP contribution is 2.45. The van der Waals surface area contributed by atoms with E-state index in [0.29, 0.717) is 16.7 Å². The highest BCUT2D eigenvalue weighted by molar-refractivity contribution is 6.98. The van der Waals surface area contributed by atoms with Crippen molar-refractivity contribution in [2.75, 3.05) is 0 Å². The minimum Gasteiger partial charge on any atom is -0.166 e. The second-order valence-electron chi connectivity index (χ2n) is 52.8. The number of alkyl halides is 3. The Morgan fingerprint density at radius 1 is 0.266 bits per heavy atom. The van der Waals surface area contributed by atoms with Crippen LogP contribution in [0.4, 0.5) is 13.2 Å². The maximum absolute atomic E-state index is 12.6. The molecule has 0 radical (unpaired) electrons. The van der Waals surface area contributed by atoms with Crippen molar-refractivity contribution >= 4 is 88.2 Å². The molecule has 0 bridgehead atoms. The lowest BCUT2D eigenvalue weighted by molar-refractivity contribution is -0.138. The quantitative estimate of drug-likeness (QED) is 0.0846. The van der Waals surface area contributed by atoms with Crippen molar-refractivity contribution in [3.63, 3.8) is 0 Å². The summed E-state index contributed by atoms with van der Waals surface area (Å²) in [5, 5.41) is 7.72. The fourth-order valence-corrected chi connectivity index (χ4v) is 60.6. The Labute approximate surface area is 781 Å². The van der Waals surface area contributed by atoms with Crippen LogP contribution < -0.4 is 15.6 Å². The summed E-state index contributed by atoms with van der Waals surface area (Å²) in [4.78, 5) is 0. The fraction of sp³-hybridized carbons (Fsp3) is 0.571. The van der Waals surface area contributed by atoms with Gasteiger partial charge in [0.15, 0.2) is 0 Å². The van der Waals surface area contributed by atoms with Crippen molar-refractivity contribution in [3.8, 4) is 11.1 Å². The normalized spacial score (nSPS) is 13.8. The van der Waals surface area contributed by atoms with E-state index >= 15 is 0 Å². The summed E-state index contributed by atoms with van der Waals surface area (Å²) in [6, 6.07) is 55.4. The largest absolute Gasteiger partial charge is 0.416 e. The van der Waals surface area contributed by atoms with E-state index in [0.717, 1.165) is 21.6 Å². The molecule has 0 aromatic heterocycles. The molecule has 124 heavy (non-hydrogen) atoms. The van der Waals surface area contributed by atoms with Crippen LogP contribution in [-0.2, 0) is 63.3 Å². The summed E-state index contributed by atoms with van der Waals surface area (Å²) in [5.41, 5.74) is 18.3. The Morgan fingerprint density at radius 2 is 0.565 bits per heavy atom. The molecular weight excluding hydrogens is 1650 g/mol. The van der Waals surface area contributed by atoms with E-state index in [4.69, 9.17) is 5.48 Å². The molecule has 0 saturated heterocycles. The summed E-state index contributed by atoms with van der Waals surface area (Å²) in [6.45, 7) is 119. The molecule has 8 aromatic rings. The van der Waals surface area contributed by atoms with Gasteiger partial charge in [0.05, 0.1) is 35.3 Å². The molecule has 0 amide bonds. The second-order valence-corrected chi connectivity index (χ2v) is 102. The average Bonchev–Trinajstić information content (AvgIpc) is 0.750. The molecule has 0 fully saturated rings. The summed E-state index contributed by atoms with van der Waals surface area (Å²) in [6.07, 6.45) is -0.365. The van der Waals surface area contributed by atoms with Crippen molar-refractivity contribution in [1.29, 1.82) is 0 Å². The van der Waals surface area contributed by atoms with Crippen molar-refractivity contribution in [1.82, 2.24) is 0 Å². The van der Waals surface area contributed by atoms with Gasteiger partial charge in [0.2, 0.25) is 0 Å². The molecule has 0 heterocycles. The number of benzene rings is 8. The van der Waals surface area contributed by atoms with Gasteiger partial charge in [-0.1, -0.05) is 514 Å². The van der Waals surface area contributed by atoms with Gasteiger partial charge in [0.1, 0.15) is 0 Å². The van der Waals surface area contributed by atoms with Crippen LogP contribution in [0.15, 0.2) is 182 Å². The summed E-state index contributed by atoms with van der Waals surface area (Å²) < 4.78 is 68.4. The van der Waals surface area contributed by atoms with Gasteiger partial charge in [0.25, 0.3) is 0 Å². The first kappa shape index (κ1) is 108. The second kappa shape index (κ2) is 43.7. The summed E-state index contributed by atoms with van der Waals surface area (Å²) in [7, 11) is -10.9. The van der Waals surface area contributed by atoms with Crippen LogP contribution in [0.3, 0.4) is 0 Å². The summed E-state index contributed by atoms with van der Waals surface area (Å²) in [5.74, 6) is 0.